The maximum Gasteiger partial charge on any atom is 0.126 e. The molecule has 98 valence electrons. The first-order chi connectivity index (χ1) is 9.28. The summed E-state index contributed by atoms with van der Waals surface area (Å²) in [4.78, 5) is 0. The van der Waals surface area contributed by atoms with Crippen molar-refractivity contribution < 1.29 is 4.74 Å². The van der Waals surface area contributed by atoms with E-state index in [2.05, 4.69) is 54.7 Å². The van der Waals surface area contributed by atoms with Crippen molar-refractivity contribution in [2.75, 3.05) is 7.05 Å². The number of ether oxygens (including phenoxy) is 1. The van der Waals surface area contributed by atoms with Gasteiger partial charge in [0.1, 0.15) is 11.9 Å². The van der Waals surface area contributed by atoms with Crippen LogP contribution in [-0.2, 0) is 0 Å². The topological polar surface area (TPSA) is 21.3 Å². The summed E-state index contributed by atoms with van der Waals surface area (Å²) in [6, 6.07) is 17.3. The highest BCUT2D eigenvalue weighted by molar-refractivity contribution is 5.39. The van der Waals surface area contributed by atoms with Crippen LogP contribution in [0.15, 0.2) is 48.5 Å². The minimum atomic E-state index is 0.132. The van der Waals surface area contributed by atoms with Crippen LogP contribution < -0.4 is 10.1 Å². The number of para-hydroxylation sites is 1. The lowest BCUT2D eigenvalue weighted by Gasteiger charge is -2.32. The average molecular weight is 253 g/mol. The molecule has 2 unspecified atom stereocenters. The summed E-state index contributed by atoms with van der Waals surface area (Å²) in [5.74, 6) is 0.999. The van der Waals surface area contributed by atoms with Gasteiger partial charge in [0.2, 0.25) is 0 Å². The molecule has 0 saturated carbocycles. The molecular weight excluding hydrogens is 234 g/mol. The maximum atomic E-state index is 6.15. The summed E-state index contributed by atoms with van der Waals surface area (Å²) in [6.45, 7) is 2.11. The summed E-state index contributed by atoms with van der Waals surface area (Å²) >= 11 is 0. The summed E-state index contributed by atoms with van der Waals surface area (Å²) in [6.07, 6.45) is 1.10. The van der Waals surface area contributed by atoms with Crippen molar-refractivity contribution in [2.24, 2.45) is 0 Å². The molecule has 0 amide bonds. The zero-order chi connectivity index (χ0) is 13.2. The molecule has 2 aromatic carbocycles. The number of rotatable bonds is 2. The molecular formula is C17H19NO. The van der Waals surface area contributed by atoms with Gasteiger partial charge in [-0.05, 0) is 25.6 Å². The van der Waals surface area contributed by atoms with E-state index in [1.54, 1.807) is 0 Å². The van der Waals surface area contributed by atoms with Crippen LogP contribution in [0, 0.1) is 6.92 Å². The van der Waals surface area contributed by atoms with E-state index < -0.39 is 0 Å². The summed E-state index contributed by atoms with van der Waals surface area (Å²) < 4.78 is 6.15. The van der Waals surface area contributed by atoms with Gasteiger partial charge in [-0.3, -0.25) is 0 Å². The normalized spacial score (nSPS) is 21.6. The quantitative estimate of drug-likeness (QED) is 0.879. The van der Waals surface area contributed by atoms with Gasteiger partial charge in [0.05, 0.1) is 0 Å². The molecule has 1 aliphatic rings. The highest BCUT2D eigenvalue weighted by Gasteiger charge is 2.27. The van der Waals surface area contributed by atoms with Crippen molar-refractivity contribution in [2.45, 2.75) is 25.5 Å². The van der Waals surface area contributed by atoms with Gasteiger partial charge in [-0.2, -0.15) is 0 Å². The largest absolute Gasteiger partial charge is 0.485 e. The second-order valence-corrected chi connectivity index (χ2v) is 5.13. The molecule has 3 rings (SSSR count). The van der Waals surface area contributed by atoms with E-state index in [1.807, 2.05) is 13.1 Å². The number of benzene rings is 2. The van der Waals surface area contributed by atoms with E-state index >= 15 is 0 Å². The standard InChI is InChI=1S/C17H19NO/c1-12-7-9-13(10-8-12)17-11-15(18-2)14-5-3-4-6-16(14)19-17/h3-10,15,17-18H,11H2,1-2H3. The first kappa shape index (κ1) is 12.2. The Kier molecular flexibility index (Phi) is 3.26. The van der Waals surface area contributed by atoms with Crippen LogP contribution in [0.2, 0.25) is 0 Å². The average Bonchev–Trinajstić information content (AvgIpc) is 2.47. The lowest BCUT2D eigenvalue weighted by molar-refractivity contribution is 0.154. The van der Waals surface area contributed by atoms with E-state index in [-0.39, 0.29) is 6.10 Å². The summed E-state index contributed by atoms with van der Waals surface area (Å²) in [7, 11) is 2.01. The van der Waals surface area contributed by atoms with E-state index in [9.17, 15) is 0 Å². The molecule has 0 fully saturated rings. The van der Waals surface area contributed by atoms with Crippen molar-refractivity contribution in [3.63, 3.8) is 0 Å². The third-order valence-electron chi connectivity index (χ3n) is 3.81. The van der Waals surface area contributed by atoms with Gasteiger partial charge in [-0.25, -0.2) is 0 Å². The van der Waals surface area contributed by atoms with Crippen molar-refractivity contribution >= 4 is 0 Å². The molecule has 0 radical (unpaired) electrons. The van der Waals surface area contributed by atoms with E-state index in [0.29, 0.717) is 6.04 Å². The minimum Gasteiger partial charge on any atom is -0.485 e. The van der Waals surface area contributed by atoms with Gasteiger partial charge in [0.15, 0.2) is 0 Å². The predicted molar refractivity (Wildman–Crippen MR) is 77.4 cm³/mol. The van der Waals surface area contributed by atoms with Crippen molar-refractivity contribution in [3.8, 4) is 5.75 Å². The maximum absolute atomic E-state index is 6.15. The highest BCUT2D eigenvalue weighted by atomic mass is 16.5. The monoisotopic (exact) mass is 253 g/mol. The molecule has 2 heteroatoms. The van der Waals surface area contributed by atoms with Gasteiger partial charge < -0.3 is 10.1 Å². The molecule has 2 nitrogen and oxygen atoms in total. The minimum absolute atomic E-state index is 0.132. The lowest BCUT2D eigenvalue weighted by Crippen LogP contribution is -2.26. The van der Waals surface area contributed by atoms with Gasteiger partial charge in [0.25, 0.3) is 0 Å². The number of fused-ring (bicyclic) bond motifs is 1. The molecule has 1 aliphatic heterocycles. The van der Waals surface area contributed by atoms with Crippen LogP contribution in [0.5, 0.6) is 5.75 Å². The van der Waals surface area contributed by atoms with Crippen molar-refractivity contribution in [3.05, 3.63) is 65.2 Å². The molecule has 1 heterocycles. The lowest BCUT2D eigenvalue weighted by atomic mass is 9.93. The fourth-order valence-corrected chi connectivity index (χ4v) is 2.68. The number of hydrogen-bond donors (Lipinski definition) is 1. The van der Waals surface area contributed by atoms with Crippen molar-refractivity contribution in [1.29, 1.82) is 0 Å². The Morgan fingerprint density at radius 3 is 2.53 bits per heavy atom. The van der Waals surface area contributed by atoms with Crippen LogP contribution in [0.4, 0.5) is 0 Å². The van der Waals surface area contributed by atoms with Crippen LogP contribution in [0.3, 0.4) is 0 Å². The van der Waals surface area contributed by atoms with Gasteiger partial charge in [0, 0.05) is 18.0 Å². The Morgan fingerprint density at radius 2 is 1.79 bits per heavy atom. The van der Waals surface area contributed by atoms with Crippen LogP contribution >= 0.6 is 0 Å². The van der Waals surface area contributed by atoms with Gasteiger partial charge in [-0.15, -0.1) is 0 Å². The molecule has 0 saturated heterocycles. The number of aryl methyl sites for hydroxylation is 1. The second kappa shape index (κ2) is 5.06. The Balaban J connectivity index is 1.93. The van der Waals surface area contributed by atoms with Gasteiger partial charge >= 0.3 is 0 Å². The third kappa shape index (κ3) is 2.36. The van der Waals surface area contributed by atoms with Crippen LogP contribution in [-0.4, -0.2) is 7.05 Å². The van der Waals surface area contributed by atoms with E-state index in [0.717, 1.165) is 12.2 Å². The van der Waals surface area contributed by atoms with Crippen LogP contribution in [0.25, 0.3) is 0 Å². The van der Waals surface area contributed by atoms with Crippen LogP contribution in [0.1, 0.15) is 35.3 Å². The summed E-state index contributed by atoms with van der Waals surface area (Å²) in [5, 5.41) is 3.39. The first-order valence-corrected chi connectivity index (χ1v) is 6.77. The molecule has 2 atom stereocenters. The predicted octanol–water partition coefficient (Wildman–Crippen LogP) is 3.78. The third-order valence-corrected chi connectivity index (χ3v) is 3.81. The fourth-order valence-electron chi connectivity index (χ4n) is 2.68. The molecule has 2 aromatic rings. The highest BCUT2D eigenvalue weighted by Crippen LogP contribution is 2.40. The SMILES string of the molecule is CNC1CC(c2ccc(C)cc2)Oc2ccccc21. The molecule has 1 N–H and O–H groups in total. The zero-order valence-electron chi connectivity index (χ0n) is 11.4. The Bertz CT molecular complexity index is 562. The molecule has 0 bridgehead atoms. The smallest absolute Gasteiger partial charge is 0.126 e. The Labute approximate surface area is 114 Å². The molecule has 0 aromatic heterocycles. The Hall–Kier alpha value is -1.80. The zero-order valence-corrected chi connectivity index (χ0v) is 11.4. The first-order valence-electron chi connectivity index (χ1n) is 6.77. The number of nitrogens with one attached hydrogen (secondary N) is 1. The molecule has 0 spiro atoms. The molecule has 19 heavy (non-hydrogen) atoms. The van der Waals surface area contributed by atoms with E-state index in [1.165, 1.54) is 16.7 Å². The fraction of sp³-hybridized carbons (Fsp3) is 0.294. The Morgan fingerprint density at radius 1 is 1.05 bits per heavy atom. The van der Waals surface area contributed by atoms with Crippen molar-refractivity contribution in [1.82, 2.24) is 5.32 Å². The molecule has 0 aliphatic carbocycles. The van der Waals surface area contributed by atoms with E-state index in [4.69, 9.17) is 4.74 Å². The summed E-state index contributed by atoms with van der Waals surface area (Å²) in [5.41, 5.74) is 3.79. The van der Waals surface area contributed by atoms with Gasteiger partial charge in [-0.1, -0.05) is 48.0 Å². The second-order valence-electron chi connectivity index (χ2n) is 5.13. The number of hydrogen-bond acceptors (Lipinski definition) is 2.